The first-order valence-electron chi connectivity index (χ1n) is 10.4. The summed E-state index contributed by atoms with van der Waals surface area (Å²) in [5.41, 5.74) is 1.29. The van der Waals surface area contributed by atoms with Crippen LogP contribution in [0.1, 0.15) is 45.6 Å². The Kier molecular flexibility index (Phi) is 9.33. The van der Waals surface area contributed by atoms with E-state index in [1.54, 1.807) is 0 Å². The number of nitrogens with zero attached hydrogens (tertiary/aromatic N) is 1. The fourth-order valence-electron chi connectivity index (χ4n) is 3.96. The summed E-state index contributed by atoms with van der Waals surface area (Å²) in [5.74, 6) is 2.96. The van der Waals surface area contributed by atoms with Crippen molar-refractivity contribution in [2.24, 2.45) is 16.3 Å². The van der Waals surface area contributed by atoms with Crippen LogP contribution in [-0.4, -0.2) is 45.5 Å². The van der Waals surface area contributed by atoms with Gasteiger partial charge in [0.2, 0.25) is 0 Å². The van der Waals surface area contributed by atoms with E-state index in [0.717, 1.165) is 49.0 Å². The number of rotatable bonds is 4. The minimum Gasteiger partial charge on any atom is -0.490 e. The molecule has 1 aromatic rings. The number of hydrogen-bond acceptors (Lipinski definition) is 4. The predicted molar refractivity (Wildman–Crippen MR) is 128 cm³/mol. The molecule has 0 amide bonds. The lowest BCUT2D eigenvalue weighted by atomic mass is 9.78. The molecule has 1 fully saturated rings. The van der Waals surface area contributed by atoms with Gasteiger partial charge in [0.15, 0.2) is 17.5 Å². The van der Waals surface area contributed by atoms with E-state index in [2.05, 4.69) is 42.5 Å². The highest BCUT2D eigenvalue weighted by molar-refractivity contribution is 14.0. The van der Waals surface area contributed by atoms with Crippen molar-refractivity contribution in [3.8, 4) is 11.5 Å². The van der Waals surface area contributed by atoms with Crippen LogP contribution in [0.25, 0.3) is 0 Å². The van der Waals surface area contributed by atoms with Gasteiger partial charge in [0.25, 0.3) is 0 Å². The first kappa shape index (κ1) is 24.1. The smallest absolute Gasteiger partial charge is 0.191 e. The fourth-order valence-corrected chi connectivity index (χ4v) is 3.96. The lowest BCUT2D eigenvalue weighted by molar-refractivity contribution is -0.0835. The molecular formula is C22H36IN3O3. The van der Waals surface area contributed by atoms with Gasteiger partial charge in [-0.2, -0.15) is 0 Å². The van der Waals surface area contributed by atoms with E-state index in [4.69, 9.17) is 14.2 Å². The molecular weight excluding hydrogens is 481 g/mol. The third kappa shape index (κ3) is 6.91. The largest absolute Gasteiger partial charge is 0.490 e. The van der Waals surface area contributed by atoms with Crippen LogP contribution in [0.4, 0.5) is 0 Å². The van der Waals surface area contributed by atoms with E-state index in [0.29, 0.717) is 25.7 Å². The number of halogens is 1. The summed E-state index contributed by atoms with van der Waals surface area (Å²) in [5, 5.41) is 6.89. The lowest BCUT2D eigenvalue weighted by Gasteiger charge is -2.40. The van der Waals surface area contributed by atoms with Crippen LogP contribution in [-0.2, 0) is 11.3 Å². The Bertz CT molecular complexity index is 676. The second-order valence-electron chi connectivity index (χ2n) is 8.70. The van der Waals surface area contributed by atoms with E-state index < -0.39 is 0 Å². The van der Waals surface area contributed by atoms with Gasteiger partial charge in [-0.05, 0) is 36.0 Å². The Balaban J connectivity index is 0.00000300. The second-order valence-corrected chi connectivity index (χ2v) is 8.70. The molecule has 3 rings (SSSR count). The van der Waals surface area contributed by atoms with Gasteiger partial charge in [-0.1, -0.05) is 26.8 Å². The molecule has 7 heteroatoms. The van der Waals surface area contributed by atoms with Crippen molar-refractivity contribution in [3.63, 3.8) is 0 Å². The van der Waals surface area contributed by atoms with Gasteiger partial charge in [0.05, 0.1) is 19.3 Å². The standard InChI is InChI=1S/C22H35N3O3.HI/c1-22(2,3)20-17(7-5-10-28-20)15-25-21(23-4)24-14-16-8-9-18-19(13-16)27-12-6-11-26-18;/h8-9,13,17,20H,5-7,10-12,14-15H2,1-4H3,(H2,23,24,25);1H. The average Bonchev–Trinajstić information content (AvgIpc) is 2.92. The topological polar surface area (TPSA) is 64.1 Å². The number of hydrogen-bond donors (Lipinski definition) is 2. The molecule has 0 bridgehead atoms. The molecule has 2 aliphatic rings. The average molecular weight is 517 g/mol. The van der Waals surface area contributed by atoms with Gasteiger partial charge in [0.1, 0.15) is 0 Å². The SMILES string of the molecule is CN=C(NCc1ccc2c(c1)OCCCO2)NCC1CCCOC1C(C)(C)C.I. The van der Waals surface area contributed by atoms with Crippen molar-refractivity contribution in [2.45, 2.75) is 52.7 Å². The third-order valence-corrected chi connectivity index (χ3v) is 5.33. The maximum atomic E-state index is 6.09. The van der Waals surface area contributed by atoms with Crippen molar-refractivity contribution < 1.29 is 14.2 Å². The van der Waals surface area contributed by atoms with Crippen molar-refractivity contribution >= 4 is 29.9 Å². The third-order valence-electron chi connectivity index (χ3n) is 5.33. The quantitative estimate of drug-likeness (QED) is 0.360. The van der Waals surface area contributed by atoms with Crippen molar-refractivity contribution in [2.75, 3.05) is 33.4 Å². The highest BCUT2D eigenvalue weighted by atomic mass is 127. The van der Waals surface area contributed by atoms with Crippen molar-refractivity contribution in [3.05, 3.63) is 23.8 Å². The molecule has 2 aliphatic heterocycles. The maximum absolute atomic E-state index is 6.09. The molecule has 164 valence electrons. The minimum absolute atomic E-state index is 0. The zero-order valence-electron chi connectivity index (χ0n) is 18.1. The van der Waals surface area contributed by atoms with Crippen molar-refractivity contribution in [1.82, 2.24) is 10.6 Å². The lowest BCUT2D eigenvalue weighted by Crippen LogP contribution is -2.47. The molecule has 29 heavy (non-hydrogen) atoms. The number of fused-ring (bicyclic) bond motifs is 1. The van der Waals surface area contributed by atoms with Gasteiger partial charge in [-0.3, -0.25) is 4.99 Å². The van der Waals surface area contributed by atoms with Crippen LogP contribution in [0.15, 0.2) is 23.2 Å². The van der Waals surface area contributed by atoms with E-state index in [-0.39, 0.29) is 35.5 Å². The minimum atomic E-state index is 0. The summed E-state index contributed by atoms with van der Waals surface area (Å²) in [4.78, 5) is 4.37. The number of guanidine groups is 1. The van der Waals surface area contributed by atoms with E-state index in [9.17, 15) is 0 Å². The maximum Gasteiger partial charge on any atom is 0.191 e. The Morgan fingerprint density at radius 1 is 1.07 bits per heavy atom. The first-order valence-corrected chi connectivity index (χ1v) is 10.4. The summed E-state index contributed by atoms with van der Waals surface area (Å²) in [6, 6.07) is 6.10. The molecule has 6 nitrogen and oxygen atoms in total. The normalized spacial score (nSPS) is 22.3. The zero-order chi connectivity index (χ0) is 20.0. The molecule has 0 saturated carbocycles. The second kappa shape index (κ2) is 11.2. The summed E-state index contributed by atoms with van der Waals surface area (Å²) in [7, 11) is 1.81. The molecule has 2 atom stereocenters. The van der Waals surface area contributed by atoms with Crippen LogP contribution < -0.4 is 20.1 Å². The fraction of sp³-hybridized carbons (Fsp3) is 0.682. The van der Waals surface area contributed by atoms with Crippen LogP contribution in [0.3, 0.4) is 0 Å². The monoisotopic (exact) mass is 517 g/mol. The highest BCUT2D eigenvalue weighted by Crippen LogP contribution is 2.33. The number of ether oxygens (including phenoxy) is 3. The molecule has 2 heterocycles. The van der Waals surface area contributed by atoms with Crippen LogP contribution >= 0.6 is 24.0 Å². The van der Waals surface area contributed by atoms with Gasteiger partial charge >= 0.3 is 0 Å². The van der Waals surface area contributed by atoms with Crippen LogP contribution in [0.2, 0.25) is 0 Å². The molecule has 2 unspecified atom stereocenters. The Morgan fingerprint density at radius 2 is 1.83 bits per heavy atom. The predicted octanol–water partition coefficient (Wildman–Crippen LogP) is 3.97. The van der Waals surface area contributed by atoms with Crippen molar-refractivity contribution in [1.29, 1.82) is 0 Å². The van der Waals surface area contributed by atoms with Crippen LogP contribution in [0, 0.1) is 11.3 Å². The molecule has 1 saturated heterocycles. The Labute approximate surface area is 192 Å². The molecule has 1 aromatic carbocycles. The molecule has 0 aliphatic carbocycles. The Morgan fingerprint density at radius 3 is 2.55 bits per heavy atom. The summed E-state index contributed by atoms with van der Waals surface area (Å²) in [6.07, 6.45) is 3.50. The van der Waals surface area contributed by atoms with Gasteiger partial charge in [-0.15, -0.1) is 24.0 Å². The molecule has 0 radical (unpaired) electrons. The van der Waals surface area contributed by atoms with E-state index in [1.807, 2.05) is 19.2 Å². The van der Waals surface area contributed by atoms with Gasteiger partial charge < -0.3 is 24.8 Å². The van der Waals surface area contributed by atoms with Crippen LogP contribution in [0.5, 0.6) is 11.5 Å². The van der Waals surface area contributed by atoms with Gasteiger partial charge in [-0.25, -0.2) is 0 Å². The zero-order valence-corrected chi connectivity index (χ0v) is 20.5. The summed E-state index contributed by atoms with van der Waals surface area (Å²) in [6.45, 7) is 10.6. The number of aliphatic imine (C=N–C) groups is 1. The summed E-state index contributed by atoms with van der Waals surface area (Å²) < 4.78 is 17.6. The molecule has 0 aromatic heterocycles. The van der Waals surface area contributed by atoms with E-state index >= 15 is 0 Å². The van der Waals surface area contributed by atoms with Gasteiger partial charge in [0, 0.05) is 39.1 Å². The summed E-state index contributed by atoms with van der Waals surface area (Å²) >= 11 is 0. The van der Waals surface area contributed by atoms with E-state index in [1.165, 1.54) is 6.42 Å². The molecule has 2 N–H and O–H groups in total. The molecule has 0 spiro atoms. The number of benzene rings is 1. The number of nitrogens with one attached hydrogen (secondary N) is 2. The highest BCUT2D eigenvalue weighted by Gasteiger charge is 2.35. The first-order chi connectivity index (χ1) is 13.5. The Hall–Kier alpha value is -1.22.